The summed E-state index contributed by atoms with van der Waals surface area (Å²) >= 11 is 2.16. The molecule has 0 aromatic carbocycles. The molecule has 3 atom stereocenters. The Bertz CT molecular complexity index is 297. The van der Waals surface area contributed by atoms with Crippen LogP contribution in [0, 0.1) is 5.41 Å². The molecular formula is C15H27NOS. The van der Waals surface area contributed by atoms with E-state index in [1.165, 1.54) is 50.8 Å². The number of hydrogen-bond donors (Lipinski definition) is 1. The van der Waals surface area contributed by atoms with Gasteiger partial charge in [0.15, 0.2) is 0 Å². The van der Waals surface area contributed by atoms with Gasteiger partial charge in [0.25, 0.3) is 0 Å². The van der Waals surface area contributed by atoms with Crippen LogP contribution in [-0.4, -0.2) is 35.8 Å². The quantitative estimate of drug-likeness (QED) is 0.828. The largest absolute Gasteiger partial charge is 0.378 e. The molecular weight excluding hydrogens is 242 g/mol. The molecule has 0 amide bonds. The van der Waals surface area contributed by atoms with Gasteiger partial charge in [-0.3, -0.25) is 0 Å². The van der Waals surface area contributed by atoms with Crippen molar-refractivity contribution in [2.75, 3.05) is 18.9 Å². The lowest BCUT2D eigenvalue weighted by Crippen LogP contribution is -2.67. The molecule has 0 aromatic heterocycles. The molecule has 2 nitrogen and oxygen atoms in total. The van der Waals surface area contributed by atoms with Gasteiger partial charge in [-0.2, -0.15) is 11.8 Å². The van der Waals surface area contributed by atoms with Gasteiger partial charge in [0.05, 0.1) is 6.10 Å². The van der Waals surface area contributed by atoms with Gasteiger partial charge in [0, 0.05) is 29.4 Å². The number of ether oxygens (including phenoxy) is 1. The average Bonchev–Trinajstić information content (AvgIpc) is 2.67. The van der Waals surface area contributed by atoms with E-state index in [0.29, 0.717) is 16.3 Å². The standard InChI is InChI=1S/C15H27NOS/c1-3-17-13-10-12(15(13)7-4-8-15)16-11-14(2)6-5-9-18-14/h12-13,16H,3-11H2,1-2H3. The van der Waals surface area contributed by atoms with Crippen LogP contribution in [0.5, 0.6) is 0 Å². The Balaban J connectivity index is 1.52. The maximum Gasteiger partial charge on any atom is 0.0661 e. The molecule has 3 heteroatoms. The maximum atomic E-state index is 5.92. The molecule has 18 heavy (non-hydrogen) atoms. The normalized spacial score (nSPS) is 41.7. The molecule has 0 bridgehead atoms. The van der Waals surface area contributed by atoms with E-state index in [-0.39, 0.29) is 0 Å². The van der Waals surface area contributed by atoms with E-state index in [9.17, 15) is 0 Å². The van der Waals surface area contributed by atoms with E-state index in [1.54, 1.807) is 0 Å². The van der Waals surface area contributed by atoms with Gasteiger partial charge in [-0.25, -0.2) is 0 Å². The lowest BCUT2D eigenvalue weighted by molar-refractivity contribution is -0.172. The fourth-order valence-electron chi connectivity index (χ4n) is 4.04. The molecule has 0 aromatic rings. The van der Waals surface area contributed by atoms with Crippen molar-refractivity contribution < 1.29 is 4.74 Å². The maximum absolute atomic E-state index is 5.92. The van der Waals surface area contributed by atoms with Crippen LogP contribution in [0.3, 0.4) is 0 Å². The van der Waals surface area contributed by atoms with Gasteiger partial charge >= 0.3 is 0 Å². The van der Waals surface area contributed by atoms with E-state index in [4.69, 9.17) is 4.74 Å². The van der Waals surface area contributed by atoms with Crippen LogP contribution in [0.1, 0.15) is 52.4 Å². The van der Waals surface area contributed by atoms with E-state index in [1.807, 2.05) is 0 Å². The second-order valence-electron chi connectivity index (χ2n) is 6.60. The third kappa shape index (κ3) is 2.12. The summed E-state index contributed by atoms with van der Waals surface area (Å²) in [6, 6.07) is 0.737. The number of thioether (sulfide) groups is 1. The van der Waals surface area contributed by atoms with Crippen molar-refractivity contribution in [3.63, 3.8) is 0 Å². The Morgan fingerprint density at radius 1 is 1.28 bits per heavy atom. The number of rotatable bonds is 5. The highest BCUT2D eigenvalue weighted by molar-refractivity contribution is 8.00. The van der Waals surface area contributed by atoms with Gasteiger partial charge in [0.1, 0.15) is 0 Å². The molecule has 3 fully saturated rings. The highest BCUT2D eigenvalue weighted by atomic mass is 32.2. The Kier molecular flexibility index (Phi) is 3.68. The minimum Gasteiger partial charge on any atom is -0.378 e. The third-order valence-corrected chi connectivity index (χ3v) is 7.00. The van der Waals surface area contributed by atoms with E-state index in [2.05, 4.69) is 30.9 Å². The summed E-state index contributed by atoms with van der Waals surface area (Å²) in [7, 11) is 0. The molecule has 1 spiro atoms. The van der Waals surface area contributed by atoms with Crippen LogP contribution in [0.25, 0.3) is 0 Å². The highest BCUT2D eigenvalue weighted by Crippen LogP contribution is 2.57. The lowest BCUT2D eigenvalue weighted by Gasteiger charge is -2.61. The van der Waals surface area contributed by atoms with E-state index < -0.39 is 0 Å². The Hall–Kier alpha value is 0.270. The average molecular weight is 269 g/mol. The Labute approximate surface area is 116 Å². The SMILES string of the molecule is CCOC1CC(NCC2(C)CCCS2)C12CCC2. The van der Waals surface area contributed by atoms with Crippen LogP contribution < -0.4 is 5.32 Å². The minimum absolute atomic E-state index is 0.502. The molecule has 1 saturated heterocycles. The molecule has 1 N–H and O–H groups in total. The smallest absolute Gasteiger partial charge is 0.0661 e. The summed E-state index contributed by atoms with van der Waals surface area (Å²) in [6.07, 6.45) is 8.78. The zero-order valence-corrected chi connectivity index (χ0v) is 12.7. The molecule has 3 unspecified atom stereocenters. The predicted molar refractivity (Wildman–Crippen MR) is 78.2 cm³/mol. The van der Waals surface area contributed by atoms with Crippen molar-refractivity contribution in [3.8, 4) is 0 Å². The third-order valence-electron chi connectivity index (χ3n) is 5.46. The molecule has 2 aliphatic carbocycles. The molecule has 1 aliphatic heterocycles. The monoisotopic (exact) mass is 269 g/mol. The highest BCUT2D eigenvalue weighted by Gasteiger charge is 2.58. The second kappa shape index (κ2) is 4.99. The van der Waals surface area contributed by atoms with Crippen LogP contribution in [-0.2, 0) is 4.74 Å². The first-order valence-electron chi connectivity index (χ1n) is 7.67. The van der Waals surface area contributed by atoms with Crippen molar-refractivity contribution >= 4 is 11.8 Å². The molecule has 3 rings (SSSR count). The zero-order chi connectivity index (χ0) is 12.6. The van der Waals surface area contributed by atoms with Crippen molar-refractivity contribution in [2.24, 2.45) is 5.41 Å². The van der Waals surface area contributed by atoms with Gasteiger partial charge < -0.3 is 10.1 Å². The summed E-state index contributed by atoms with van der Waals surface area (Å²) in [4.78, 5) is 0. The summed E-state index contributed by atoms with van der Waals surface area (Å²) < 4.78 is 6.42. The Morgan fingerprint density at radius 2 is 2.11 bits per heavy atom. The van der Waals surface area contributed by atoms with E-state index >= 15 is 0 Å². The summed E-state index contributed by atoms with van der Waals surface area (Å²) in [5.41, 5.74) is 0.523. The number of nitrogens with one attached hydrogen (secondary N) is 1. The lowest BCUT2D eigenvalue weighted by atomic mass is 9.51. The fourth-order valence-corrected chi connectivity index (χ4v) is 5.30. The molecule has 0 radical (unpaired) electrons. The van der Waals surface area contributed by atoms with Gasteiger partial charge in [-0.1, -0.05) is 6.42 Å². The van der Waals surface area contributed by atoms with Crippen LogP contribution in [0.2, 0.25) is 0 Å². The fraction of sp³-hybridized carbons (Fsp3) is 1.00. The van der Waals surface area contributed by atoms with Crippen molar-refractivity contribution in [3.05, 3.63) is 0 Å². The summed E-state index contributed by atoms with van der Waals surface area (Å²) in [5.74, 6) is 1.36. The second-order valence-corrected chi connectivity index (χ2v) is 8.28. The van der Waals surface area contributed by atoms with Gasteiger partial charge in [-0.05, 0) is 51.7 Å². The van der Waals surface area contributed by atoms with Crippen LogP contribution >= 0.6 is 11.8 Å². The van der Waals surface area contributed by atoms with E-state index in [0.717, 1.165) is 12.6 Å². The minimum atomic E-state index is 0.502. The first-order valence-corrected chi connectivity index (χ1v) is 8.66. The zero-order valence-electron chi connectivity index (χ0n) is 11.8. The summed E-state index contributed by atoms with van der Waals surface area (Å²) in [5, 5.41) is 3.88. The van der Waals surface area contributed by atoms with Gasteiger partial charge in [-0.15, -0.1) is 0 Å². The van der Waals surface area contributed by atoms with Crippen LogP contribution in [0.4, 0.5) is 0 Å². The summed E-state index contributed by atoms with van der Waals surface area (Å²) in [6.45, 7) is 6.64. The van der Waals surface area contributed by atoms with Crippen LogP contribution in [0.15, 0.2) is 0 Å². The molecule has 104 valence electrons. The molecule has 2 saturated carbocycles. The topological polar surface area (TPSA) is 21.3 Å². The van der Waals surface area contributed by atoms with Crippen molar-refractivity contribution in [1.29, 1.82) is 0 Å². The molecule has 3 aliphatic rings. The van der Waals surface area contributed by atoms with Crippen molar-refractivity contribution in [1.82, 2.24) is 5.32 Å². The first-order chi connectivity index (χ1) is 8.69. The first kappa shape index (κ1) is 13.3. The Morgan fingerprint density at radius 3 is 2.67 bits per heavy atom. The number of hydrogen-bond acceptors (Lipinski definition) is 3. The molecule has 1 heterocycles. The van der Waals surface area contributed by atoms with Gasteiger partial charge in [0.2, 0.25) is 0 Å². The predicted octanol–water partition coefficient (Wildman–Crippen LogP) is 3.21. The van der Waals surface area contributed by atoms with Crippen molar-refractivity contribution in [2.45, 2.75) is 69.3 Å².